The lowest BCUT2D eigenvalue weighted by atomic mass is 9.67. The van der Waals surface area contributed by atoms with E-state index in [1.807, 2.05) is 0 Å². The SMILES string of the molecule is c1ccc(-c2c3ccccc3c(-c3ccc(N(c4ccc5c(c4)C(c4ccccc4)(c4ccccc4)c4cc(-c6ccc7ccccc7c6)ccc4-5)c4ccc5c(c4)c4ccccc4n5-c4ccccc4)cc3)c3ccccc23)cc1. The van der Waals surface area contributed by atoms with Crippen molar-refractivity contribution in [1.82, 2.24) is 4.57 Å². The molecule has 2 nitrogen and oxygen atoms in total. The Labute approximate surface area is 471 Å². The lowest BCUT2D eigenvalue weighted by Gasteiger charge is -2.35. The third kappa shape index (κ3) is 7.34. The van der Waals surface area contributed by atoms with E-state index in [1.54, 1.807) is 0 Å². The standard InChI is InChI=1S/C79H52N2/c1-5-22-54(23-6-1)77-68-32-15-17-34-70(68)78(71-35-18-16-33-69(71)77)55-39-42-62(43-40-55)80(63-45-48-76-72(51-63)67-31-19-20-36-75(67)81(76)61-29-11-4-12-30-61)64-44-47-66-65-46-41-58(57-38-37-53-21-13-14-24-56(53)49-57)50-73(65)79(74(66)52-64,59-25-7-2-8-26-59)60-27-9-3-10-28-60/h1-52H. The van der Waals surface area contributed by atoms with Crippen molar-refractivity contribution in [3.63, 3.8) is 0 Å². The van der Waals surface area contributed by atoms with Gasteiger partial charge in [0, 0.05) is 33.5 Å². The molecule has 378 valence electrons. The van der Waals surface area contributed by atoms with Crippen LogP contribution >= 0.6 is 0 Å². The van der Waals surface area contributed by atoms with Gasteiger partial charge in [-0.05, 0) is 172 Å². The van der Waals surface area contributed by atoms with E-state index >= 15 is 0 Å². The summed E-state index contributed by atoms with van der Waals surface area (Å²) < 4.78 is 2.40. The molecule has 0 bridgehead atoms. The number of anilines is 3. The molecule has 1 aromatic heterocycles. The molecule has 0 radical (unpaired) electrons. The fourth-order valence-electron chi connectivity index (χ4n) is 13.7. The van der Waals surface area contributed by atoms with Crippen molar-refractivity contribution >= 4 is 71.2 Å². The smallest absolute Gasteiger partial charge is 0.0714 e. The molecular formula is C79H52N2. The van der Waals surface area contributed by atoms with Crippen molar-refractivity contribution < 1.29 is 0 Å². The van der Waals surface area contributed by atoms with Crippen LogP contribution in [0.15, 0.2) is 315 Å². The Morgan fingerprint density at radius 1 is 0.259 bits per heavy atom. The minimum atomic E-state index is -0.646. The number of para-hydroxylation sites is 2. The first-order chi connectivity index (χ1) is 40.2. The highest BCUT2D eigenvalue weighted by Crippen LogP contribution is 2.58. The Morgan fingerprint density at radius 3 is 1.33 bits per heavy atom. The summed E-state index contributed by atoms with van der Waals surface area (Å²) >= 11 is 0. The summed E-state index contributed by atoms with van der Waals surface area (Å²) in [5.41, 5.74) is 20.8. The van der Waals surface area contributed by atoms with Crippen LogP contribution in [-0.4, -0.2) is 4.57 Å². The van der Waals surface area contributed by atoms with E-state index in [1.165, 1.54) is 115 Å². The number of rotatable bonds is 9. The Morgan fingerprint density at radius 2 is 0.691 bits per heavy atom. The lowest BCUT2D eigenvalue weighted by Crippen LogP contribution is -2.28. The van der Waals surface area contributed by atoms with Crippen LogP contribution in [0.25, 0.3) is 104 Å². The van der Waals surface area contributed by atoms with Gasteiger partial charge in [-0.15, -0.1) is 0 Å². The summed E-state index contributed by atoms with van der Waals surface area (Å²) in [5.74, 6) is 0. The number of nitrogens with zero attached hydrogens (tertiary/aromatic N) is 2. The van der Waals surface area contributed by atoms with Gasteiger partial charge in [-0.2, -0.15) is 0 Å². The van der Waals surface area contributed by atoms with Crippen molar-refractivity contribution in [1.29, 1.82) is 0 Å². The first-order valence-corrected chi connectivity index (χ1v) is 28.1. The van der Waals surface area contributed by atoms with Crippen molar-refractivity contribution in [3.8, 4) is 50.2 Å². The third-order valence-corrected chi connectivity index (χ3v) is 17.2. The maximum atomic E-state index is 2.50. The third-order valence-electron chi connectivity index (χ3n) is 17.2. The lowest BCUT2D eigenvalue weighted by molar-refractivity contribution is 0.768. The highest BCUT2D eigenvalue weighted by atomic mass is 15.1. The minimum absolute atomic E-state index is 0.646. The van der Waals surface area contributed by atoms with E-state index in [0.29, 0.717) is 0 Å². The summed E-state index contributed by atoms with van der Waals surface area (Å²) in [6.07, 6.45) is 0. The van der Waals surface area contributed by atoms with Gasteiger partial charge in [0.15, 0.2) is 0 Å². The molecule has 0 fully saturated rings. The molecule has 81 heavy (non-hydrogen) atoms. The zero-order chi connectivity index (χ0) is 53.4. The van der Waals surface area contributed by atoms with Gasteiger partial charge in [0.05, 0.1) is 16.4 Å². The van der Waals surface area contributed by atoms with E-state index in [9.17, 15) is 0 Å². The molecule has 0 spiro atoms. The van der Waals surface area contributed by atoms with Crippen LogP contribution in [0.2, 0.25) is 0 Å². The molecule has 14 aromatic carbocycles. The molecule has 15 aromatic rings. The molecular weight excluding hydrogens is 977 g/mol. The number of hydrogen-bond acceptors (Lipinski definition) is 1. The van der Waals surface area contributed by atoms with Gasteiger partial charge >= 0.3 is 0 Å². The van der Waals surface area contributed by atoms with Crippen LogP contribution in [0, 0.1) is 0 Å². The second kappa shape index (κ2) is 18.8. The van der Waals surface area contributed by atoms with Gasteiger partial charge in [0.1, 0.15) is 0 Å². The Bertz CT molecular complexity index is 4810. The van der Waals surface area contributed by atoms with Crippen LogP contribution in [0.3, 0.4) is 0 Å². The van der Waals surface area contributed by atoms with E-state index < -0.39 is 5.41 Å². The molecule has 0 amide bonds. The van der Waals surface area contributed by atoms with Crippen LogP contribution in [0.4, 0.5) is 17.1 Å². The molecule has 0 aliphatic heterocycles. The zero-order valence-electron chi connectivity index (χ0n) is 44.4. The van der Waals surface area contributed by atoms with Crippen LogP contribution in [0.1, 0.15) is 22.3 Å². The average molecular weight is 1030 g/mol. The number of aromatic nitrogens is 1. The van der Waals surface area contributed by atoms with Gasteiger partial charge in [-0.1, -0.05) is 243 Å². The van der Waals surface area contributed by atoms with Crippen molar-refractivity contribution in [2.75, 3.05) is 4.90 Å². The van der Waals surface area contributed by atoms with Gasteiger partial charge in [0.2, 0.25) is 0 Å². The normalized spacial score (nSPS) is 12.5. The van der Waals surface area contributed by atoms with E-state index in [2.05, 4.69) is 325 Å². The number of fused-ring (bicyclic) bond motifs is 9. The van der Waals surface area contributed by atoms with E-state index in [-0.39, 0.29) is 0 Å². The Balaban J connectivity index is 0.928. The number of hydrogen-bond donors (Lipinski definition) is 0. The molecule has 0 saturated heterocycles. The highest BCUT2D eigenvalue weighted by molar-refractivity contribution is 6.21. The number of benzene rings is 14. The predicted octanol–water partition coefficient (Wildman–Crippen LogP) is 21.1. The maximum Gasteiger partial charge on any atom is 0.0714 e. The molecule has 1 aliphatic carbocycles. The minimum Gasteiger partial charge on any atom is -0.310 e. The topological polar surface area (TPSA) is 8.17 Å². The fourth-order valence-corrected chi connectivity index (χ4v) is 13.7. The molecule has 16 rings (SSSR count). The summed E-state index contributed by atoms with van der Waals surface area (Å²) in [5, 5.41) is 9.85. The monoisotopic (exact) mass is 1030 g/mol. The van der Waals surface area contributed by atoms with E-state index in [0.717, 1.165) is 28.3 Å². The van der Waals surface area contributed by atoms with Gasteiger partial charge in [-0.3, -0.25) is 0 Å². The van der Waals surface area contributed by atoms with Crippen LogP contribution in [0.5, 0.6) is 0 Å². The van der Waals surface area contributed by atoms with Crippen molar-refractivity contribution in [2.45, 2.75) is 5.41 Å². The van der Waals surface area contributed by atoms with Crippen molar-refractivity contribution in [3.05, 3.63) is 338 Å². The van der Waals surface area contributed by atoms with Gasteiger partial charge in [-0.25, -0.2) is 0 Å². The summed E-state index contributed by atoms with van der Waals surface area (Å²) in [6.45, 7) is 0. The molecule has 1 heterocycles. The quantitative estimate of drug-likeness (QED) is 0.131. The first kappa shape index (κ1) is 46.5. The Hall–Kier alpha value is -10.5. The molecule has 0 N–H and O–H groups in total. The summed E-state index contributed by atoms with van der Waals surface area (Å²) in [4.78, 5) is 2.48. The fraction of sp³-hybridized carbons (Fsp3) is 0.0127. The van der Waals surface area contributed by atoms with Crippen LogP contribution < -0.4 is 4.90 Å². The summed E-state index contributed by atoms with van der Waals surface area (Å²) in [6, 6.07) is 117. The largest absolute Gasteiger partial charge is 0.310 e. The Kier molecular flexibility index (Phi) is 10.8. The van der Waals surface area contributed by atoms with Gasteiger partial charge < -0.3 is 9.47 Å². The highest BCUT2D eigenvalue weighted by Gasteiger charge is 2.46. The van der Waals surface area contributed by atoms with Gasteiger partial charge in [0.25, 0.3) is 0 Å². The van der Waals surface area contributed by atoms with Crippen LogP contribution in [-0.2, 0) is 5.41 Å². The second-order valence-corrected chi connectivity index (χ2v) is 21.5. The molecule has 2 heteroatoms. The van der Waals surface area contributed by atoms with E-state index in [4.69, 9.17) is 0 Å². The molecule has 0 saturated carbocycles. The molecule has 1 aliphatic rings. The zero-order valence-corrected chi connectivity index (χ0v) is 44.4. The molecule has 0 unspecified atom stereocenters. The van der Waals surface area contributed by atoms with Crippen molar-refractivity contribution in [2.24, 2.45) is 0 Å². The predicted molar refractivity (Wildman–Crippen MR) is 342 cm³/mol. The maximum absolute atomic E-state index is 2.50. The summed E-state index contributed by atoms with van der Waals surface area (Å²) in [7, 11) is 0. The average Bonchev–Trinajstić information content (AvgIpc) is 3.55. The second-order valence-electron chi connectivity index (χ2n) is 21.5. The molecule has 0 atom stereocenters. The first-order valence-electron chi connectivity index (χ1n) is 28.1.